The first kappa shape index (κ1) is 15.7. The first-order chi connectivity index (χ1) is 10.1. The number of nitrogens with one attached hydrogen (secondary N) is 1. The highest BCUT2D eigenvalue weighted by atomic mass is 79.9. The number of halogens is 1. The van der Waals surface area contributed by atoms with Crippen molar-refractivity contribution in [3.8, 4) is 11.6 Å². The molecule has 0 unspecified atom stereocenters. The lowest BCUT2D eigenvalue weighted by Gasteiger charge is -2.11. The van der Waals surface area contributed by atoms with E-state index in [-0.39, 0.29) is 0 Å². The molecular formula is C15H18BrN3O2. The van der Waals surface area contributed by atoms with Gasteiger partial charge >= 0.3 is 0 Å². The van der Waals surface area contributed by atoms with E-state index >= 15 is 0 Å². The smallest absolute Gasteiger partial charge is 0.224 e. The van der Waals surface area contributed by atoms with Crippen LogP contribution in [0.15, 0.2) is 28.7 Å². The summed E-state index contributed by atoms with van der Waals surface area (Å²) in [6, 6.07) is 7.62. The predicted octanol–water partition coefficient (Wildman–Crippen LogP) is 3.92. The minimum atomic E-state index is 0.342. The second-order valence-electron chi connectivity index (χ2n) is 4.48. The van der Waals surface area contributed by atoms with Crippen LogP contribution in [0.25, 0.3) is 0 Å². The van der Waals surface area contributed by atoms with Gasteiger partial charge in [-0.05, 0) is 37.6 Å². The van der Waals surface area contributed by atoms with E-state index in [0.29, 0.717) is 18.3 Å². The molecule has 0 atom stereocenters. The number of anilines is 1. The van der Waals surface area contributed by atoms with Crippen LogP contribution in [0.3, 0.4) is 0 Å². The zero-order valence-electron chi connectivity index (χ0n) is 12.3. The van der Waals surface area contributed by atoms with E-state index in [2.05, 4.69) is 31.2 Å². The van der Waals surface area contributed by atoms with E-state index in [1.807, 2.05) is 32.0 Å². The molecule has 0 bridgehead atoms. The molecule has 0 aliphatic carbocycles. The summed E-state index contributed by atoms with van der Waals surface area (Å²) in [5.41, 5.74) is 1.03. The lowest BCUT2D eigenvalue weighted by molar-refractivity contribution is 0.177. The summed E-state index contributed by atoms with van der Waals surface area (Å²) in [7, 11) is 1.61. The molecule has 0 aliphatic rings. The highest BCUT2D eigenvalue weighted by Crippen LogP contribution is 2.27. The molecule has 0 fully saturated rings. The number of methoxy groups -OCH3 is 1. The molecule has 1 aromatic carbocycles. The van der Waals surface area contributed by atoms with Crippen molar-refractivity contribution in [1.82, 2.24) is 9.97 Å². The molecule has 0 amide bonds. The van der Waals surface area contributed by atoms with Gasteiger partial charge in [0.05, 0.1) is 0 Å². The molecule has 2 rings (SSSR count). The molecule has 112 valence electrons. The summed E-state index contributed by atoms with van der Waals surface area (Å²) in [6.07, 6.45) is 0. The van der Waals surface area contributed by atoms with Crippen LogP contribution in [0.2, 0.25) is 0 Å². The van der Waals surface area contributed by atoms with Gasteiger partial charge in [-0.25, -0.2) is 4.98 Å². The Kier molecular flexibility index (Phi) is 5.52. The van der Waals surface area contributed by atoms with Crippen molar-refractivity contribution >= 4 is 21.7 Å². The van der Waals surface area contributed by atoms with Gasteiger partial charge in [-0.15, -0.1) is 0 Å². The van der Waals surface area contributed by atoms with Crippen LogP contribution in [0.4, 0.5) is 5.82 Å². The summed E-state index contributed by atoms with van der Waals surface area (Å²) in [5, 5.41) is 3.16. The number of aryl methyl sites for hydroxylation is 1. The van der Waals surface area contributed by atoms with Gasteiger partial charge in [-0.1, -0.05) is 15.9 Å². The van der Waals surface area contributed by atoms with Crippen LogP contribution in [-0.4, -0.2) is 23.6 Å². The second kappa shape index (κ2) is 7.38. The molecule has 5 nitrogen and oxygen atoms in total. The lowest BCUT2D eigenvalue weighted by atomic mass is 10.2. The van der Waals surface area contributed by atoms with Crippen molar-refractivity contribution in [2.75, 3.05) is 19.0 Å². The average molecular weight is 352 g/mol. The van der Waals surface area contributed by atoms with Crippen LogP contribution in [0.5, 0.6) is 11.6 Å². The molecule has 2 aromatic rings. The van der Waals surface area contributed by atoms with E-state index in [4.69, 9.17) is 9.47 Å². The summed E-state index contributed by atoms with van der Waals surface area (Å²) in [5.74, 6) is 2.58. The van der Waals surface area contributed by atoms with Gasteiger partial charge < -0.3 is 14.8 Å². The topological polar surface area (TPSA) is 56.3 Å². The van der Waals surface area contributed by atoms with Gasteiger partial charge in [0.2, 0.25) is 5.88 Å². The largest absolute Gasteiger partial charge is 0.439 e. The highest BCUT2D eigenvalue weighted by Gasteiger charge is 2.08. The number of aromatic nitrogens is 2. The first-order valence-electron chi connectivity index (χ1n) is 6.67. The van der Waals surface area contributed by atoms with Crippen molar-refractivity contribution in [1.29, 1.82) is 0 Å². The van der Waals surface area contributed by atoms with Gasteiger partial charge in [0.1, 0.15) is 18.2 Å². The monoisotopic (exact) mass is 351 g/mol. The van der Waals surface area contributed by atoms with Crippen molar-refractivity contribution in [2.24, 2.45) is 0 Å². The normalized spacial score (nSPS) is 10.5. The number of hydrogen-bond acceptors (Lipinski definition) is 5. The first-order valence-corrected chi connectivity index (χ1v) is 7.46. The molecule has 1 heterocycles. The molecule has 0 radical (unpaired) electrons. The number of benzene rings is 1. The van der Waals surface area contributed by atoms with Crippen molar-refractivity contribution in [3.05, 3.63) is 40.1 Å². The van der Waals surface area contributed by atoms with E-state index in [1.165, 1.54) is 0 Å². The Morgan fingerprint density at radius 1 is 1.24 bits per heavy atom. The van der Waals surface area contributed by atoms with Crippen LogP contribution in [-0.2, 0) is 11.3 Å². The van der Waals surface area contributed by atoms with E-state index in [0.717, 1.165) is 28.1 Å². The maximum Gasteiger partial charge on any atom is 0.224 e. The zero-order chi connectivity index (χ0) is 15.2. The van der Waals surface area contributed by atoms with Gasteiger partial charge in [0.15, 0.2) is 5.82 Å². The fourth-order valence-electron chi connectivity index (χ4n) is 1.83. The van der Waals surface area contributed by atoms with Crippen LogP contribution in [0.1, 0.15) is 18.3 Å². The highest BCUT2D eigenvalue weighted by molar-refractivity contribution is 9.10. The SMILES string of the molecule is CCNc1cc(Oc2ccc(Br)cc2C)nc(COC)n1. The maximum atomic E-state index is 5.87. The Balaban J connectivity index is 2.29. The van der Waals surface area contributed by atoms with Crippen LogP contribution in [0, 0.1) is 6.92 Å². The number of rotatable bonds is 6. The Morgan fingerprint density at radius 2 is 2.05 bits per heavy atom. The number of nitrogens with zero attached hydrogens (tertiary/aromatic N) is 2. The fourth-order valence-corrected chi connectivity index (χ4v) is 2.31. The molecular weight excluding hydrogens is 334 g/mol. The van der Waals surface area contributed by atoms with E-state index in [9.17, 15) is 0 Å². The molecule has 0 aliphatic heterocycles. The molecule has 1 N–H and O–H groups in total. The third-order valence-electron chi connectivity index (χ3n) is 2.73. The number of ether oxygens (including phenoxy) is 2. The van der Waals surface area contributed by atoms with Crippen LogP contribution < -0.4 is 10.1 Å². The molecule has 0 spiro atoms. The average Bonchev–Trinajstić information content (AvgIpc) is 2.42. The maximum absolute atomic E-state index is 5.87. The van der Waals surface area contributed by atoms with Crippen molar-refractivity contribution in [3.63, 3.8) is 0 Å². The van der Waals surface area contributed by atoms with Gasteiger partial charge in [0.25, 0.3) is 0 Å². The van der Waals surface area contributed by atoms with Crippen molar-refractivity contribution in [2.45, 2.75) is 20.5 Å². The number of hydrogen-bond donors (Lipinski definition) is 1. The lowest BCUT2D eigenvalue weighted by Crippen LogP contribution is -2.05. The summed E-state index contributed by atoms with van der Waals surface area (Å²) >= 11 is 3.44. The van der Waals surface area contributed by atoms with Crippen LogP contribution >= 0.6 is 15.9 Å². The summed E-state index contributed by atoms with van der Waals surface area (Å²) in [6.45, 7) is 5.12. The van der Waals surface area contributed by atoms with E-state index < -0.39 is 0 Å². The molecule has 21 heavy (non-hydrogen) atoms. The minimum Gasteiger partial charge on any atom is -0.439 e. The van der Waals surface area contributed by atoms with Crippen molar-refractivity contribution < 1.29 is 9.47 Å². The molecule has 0 saturated carbocycles. The predicted molar refractivity (Wildman–Crippen MR) is 85.9 cm³/mol. The Hall–Kier alpha value is -1.66. The summed E-state index contributed by atoms with van der Waals surface area (Å²) < 4.78 is 12.0. The molecule has 1 aromatic heterocycles. The third-order valence-corrected chi connectivity index (χ3v) is 3.23. The van der Waals surface area contributed by atoms with E-state index in [1.54, 1.807) is 13.2 Å². The Labute approximate surface area is 132 Å². The summed E-state index contributed by atoms with van der Waals surface area (Å²) in [4.78, 5) is 8.71. The molecule has 0 saturated heterocycles. The standard InChI is InChI=1S/C15H18BrN3O2/c1-4-17-13-8-15(19-14(18-13)9-20-3)21-12-6-5-11(16)7-10(12)2/h5-8H,4,9H2,1-3H3,(H,17,18,19). The minimum absolute atomic E-state index is 0.342. The third kappa shape index (κ3) is 4.41. The Bertz CT molecular complexity index is 596. The van der Waals surface area contributed by atoms with Gasteiger partial charge in [-0.2, -0.15) is 4.98 Å². The zero-order valence-corrected chi connectivity index (χ0v) is 13.9. The fraction of sp³-hybridized carbons (Fsp3) is 0.333. The van der Waals surface area contributed by atoms with Gasteiger partial charge in [-0.3, -0.25) is 0 Å². The molecule has 6 heteroatoms. The van der Waals surface area contributed by atoms with Gasteiger partial charge in [0, 0.05) is 24.2 Å². The Morgan fingerprint density at radius 3 is 2.71 bits per heavy atom. The second-order valence-corrected chi connectivity index (χ2v) is 5.40. The quantitative estimate of drug-likeness (QED) is 0.854.